The van der Waals surface area contributed by atoms with Crippen LogP contribution in [0.15, 0.2) is 12.1 Å². The predicted molar refractivity (Wildman–Crippen MR) is 71.2 cm³/mol. The Kier molecular flexibility index (Phi) is 3.04. The third-order valence-corrected chi connectivity index (χ3v) is 3.85. The zero-order valence-electron chi connectivity index (χ0n) is 10.7. The van der Waals surface area contributed by atoms with Crippen LogP contribution in [0, 0.1) is 6.92 Å². The normalized spacial score (nSPS) is 26.1. The van der Waals surface area contributed by atoms with Gasteiger partial charge >= 0.3 is 0 Å². The SMILES string of the molecule is Cc1cc2c(cc1NC1CCC(N)CC1)OCO2. The van der Waals surface area contributed by atoms with Gasteiger partial charge in [0.25, 0.3) is 0 Å². The molecule has 1 aromatic carbocycles. The van der Waals surface area contributed by atoms with E-state index in [-0.39, 0.29) is 0 Å². The molecule has 1 aromatic rings. The van der Waals surface area contributed by atoms with E-state index in [1.54, 1.807) is 0 Å². The van der Waals surface area contributed by atoms with Crippen LogP contribution in [0.1, 0.15) is 31.2 Å². The molecular weight excluding hydrogens is 228 g/mol. The lowest BCUT2D eigenvalue weighted by Gasteiger charge is -2.28. The first-order valence-electron chi connectivity index (χ1n) is 6.65. The second-order valence-electron chi connectivity index (χ2n) is 5.28. The highest BCUT2D eigenvalue weighted by molar-refractivity contribution is 5.61. The molecular formula is C14H20N2O2. The molecule has 0 saturated heterocycles. The van der Waals surface area contributed by atoms with Crippen molar-refractivity contribution in [2.45, 2.75) is 44.7 Å². The van der Waals surface area contributed by atoms with Gasteiger partial charge in [0.1, 0.15) is 0 Å². The van der Waals surface area contributed by atoms with Crippen molar-refractivity contribution in [3.05, 3.63) is 17.7 Å². The number of benzene rings is 1. The predicted octanol–water partition coefficient (Wildman–Crippen LogP) is 2.41. The smallest absolute Gasteiger partial charge is 0.231 e. The minimum atomic E-state index is 0.330. The second-order valence-corrected chi connectivity index (χ2v) is 5.28. The molecule has 0 atom stereocenters. The standard InChI is InChI=1S/C14H20N2O2/c1-9-6-13-14(18-8-17-13)7-12(9)16-11-4-2-10(15)3-5-11/h6-7,10-11,16H,2-5,8,15H2,1H3. The molecule has 2 aliphatic rings. The lowest BCUT2D eigenvalue weighted by molar-refractivity contribution is 0.174. The zero-order chi connectivity index (χ0) is 12.5. The molecule has 0 spiro atoms. The largest absolute Gasteiger partial charge is 0.454 e. The Labute approximate surface area is 107 Å². The number of fused-ring (bicyclic) bond motifs is 1. The number of hydrogen-bond acceptors (Lipinski definition) is 4. The molecule has 0 radical (unpaired) electrons. The van der Waals surface area contributed by atoms with Gasteiger partial charge in [0.15, 0.2) is 11.5 Å². The minimum absolute atomic E-state index is 0.330. The van der Waals surface area contributed by atoms with Crippen LogP contribution < -0.4 is 20.5 Å². The van der Waals surface area contributed by atoms with E-state index in [1.807, 2.05) is 12.1 Å². The Morgan fingerprint density at radius 1 is 1.11 bits per heavy atom. The summed E-state index contributed by atoms with van der Waals surface area (Å²) in [6.45, 7) is 2.43. The molecule has 0 aromatic heterocycles. The van der Waals surface area contributed by atoms with Crippen molar-refractivity contribution >= 4 is 5.69 Å². The van der Waals surface area contributed by atoms with Crippen LogP contribution in [0.2, 0.25) is 0 Å². The van der Waals surface area contributed by atoms with Crippen LogP contribution in [-0.2, 0) is 0 Å². The quantitative estimate of drug-likeness (QED) is 0.844. The van der Waals surface area contributed by atoms with E-state index in [0.29, 0.717) is 18.9 Å². The maximum Gasteiger partial charge on any atom is 0.231 e. The van der Waals surface area contributed by atoms with E-state index < -0.39 is 0 Å². The second kappa shape index (κ2) is 4.69. The zero-order valence-corrected chi connectivity index (χ0v) is 10.7. The molecule has 3 rings (SSSR count). The number of aryl methyl sites for hydroxylation is 1. The molecule has 1 aliphatic carbocycles. The number of ether oxygens (including phenoxy) is 2. The maximum absolute atomic E-state index is 5.93. The molecule has 1 aliphatic heterocycles. The van der Waals surface area contributed by atoms with E-state index in [0.717, 1.165) is 42.9 Å². The van der Waals surface area contributed by atoms with E-state index in [2.05, 4.69) is 12.2 Å². The van der Waals surface area contributed by atoms with Gasteiger partial charge in [0.05, 0.1) is 0 Å². The maximum atomic E-state index is 5.93. The fourth-order valence-corrected chi connectivity index (χ4v) is 2.68. The van der Waals surface area contributed by atoms with Crippen LogP contribution in [0.5, 0.6) is 11.5 Å². The summed E-state index contributed by atoms with van der Waals surface area (Å²) < 4.78 is 10.8. The third kappa shape index (κ3) is 2.25. The summed E-state index contributed by atoms with van der Waals surface area (Å²) >= 11 is 0. The van der Waals surface area contributed by atoms with Gasteiger partial charge in [-0.1, -0.05) is 0 Å². The van der Waals surface area contributed by atoms with Crippen molar-refractivity contribution in [1.82, 2.24) is 0 Å². The Balaban J connectivity index is 1.73. The first-order chi connectivity index (χ1) is 8.72. The molecule has 98 valence electrons. The summed E-state index contributed by atoms with van der Waals surface area (Å²) in [4.78, 5) is 0. The molecule has 18 heavy (non-hydrogen) atoms. The van der Waals surface area contributed by atoms with Gasteiger partial charge in [-0.3, -0.25) is 0 Å². The first kappa shape index (κ1) is 11.7. The van der Waals surface area contributed by atoms with Crippen molar-refractivity contribution < 1.29 is 9.47 Å². The monoisotopic (exact) mass is 248 g/mol. The molecule has 0 bridgehead atoms. The molecule has 0 amide bonds. The highest BCUT2D eigenvalue weighted by atomic mass is 16.7. The van der Waals surface area contributed by atoms with Crippen LogP contribution in [0.4, 0.5) is 5.69 Å². The van der Waals surface area contributed by atoms with Crippen LogP contribution in [-0.4, -0.2) is 18.9 Å². The molecule has 0 unspecified atom stereocenters. The summed E-state index contributed by atoms with van der Waals surface area (Å²) in [5.41, 5.74) is 8.29. The Morgan fingerprint density at radius 2 is 1.78 bits per heavy atom. The lowest BCUT2D eigenvalue weighted by atomic mass is 9.91. The van der Waals surface area contributed by atoms with Crippen LogP contribution in [0.25, 0.3) is 0 Å². The molecule has 1 heterocycles. The summed E-state index contributed by atoms with van der Waals surface area (Å²) in [6, 6.07) is 5.01. The summed E-state index contributed by atoms with van der Waals surface area (Å²) in [6.07, 6.45) is 4.52. The average Bonchev–Trinajstić information content (AvgIpc) is 2.79. The van der Waals surface area contributed by atoms with Crippen molar-refractivity contribution in [1.29, 1.82) is 0 Å². The number of hydrogen-bond donors (Lipinski definition) is 2. The number of anilines is 1. The van der Waals surface area contributed by atoms with Gasteiger partial charge in [0, 0.05) is 23.8 Å². The average molecular weight is 248 g/mol. The molecule has 1 saturated carbocycles. The van der Waals surface area contributed by atoms with E-state index in [9.17, 15) is 0 Å². The van der Waals surface area contributed by atoms with Gasteiger partial charge in [0.2, 0.25) is 6.79 Å². The Morgan fingerprint density at radius 3 is 2.50 bits per heavy atom. The van der Waals surface area contributed by atoms with Crippen molar-refractivity contribution in [3.63, 3.8) is 0 Å². The highest BCUT2D eigenvalue weighted by Gasteiger charge is 2.20. The van der Waals surface area contributed by atoms with Gasteiger partial charge in [-0.25, -0.2) is 0 Å². The summed E-state index contributed by atoms with van der Waals surface area (Å²) in [5.74, 6) is 1.69. The van der Waals surface area contributed by atoms with Gasteiger partial charge < -0.3 is 20.5 Å². The fourth-order valence-electron chi connectivity index (χ4n) is 2.68. The molecule has 4 nitrogen and oxygen atoms in total. The molecule has 3 N–H and O–H groups in total. The van der Waals surface area contributed by atoms with Gasteiger partial charge in [-0.05, 0) is 44.2 Å². The van der Waals surface area contributed by atoms with Crippen LogP contribution >= 0.6 is 0 Å². The first-order valence-corrected chi connectivity index (χ1v) is 6.65. The van der Waals surface area contributed by atoms with E-state index in [1.165, 1.54) is 5.56 Å². The van der Waals surface area contributed by atoms with E-state index in [4.69, 9.17) is 15.2 Å². The Hall–Kier alpha value is -1.42. The Bertz CT molecular complexity index is 440. The fraction of sp³-hybridized carbons (Fsp3) is 0.571. The van der Waals surface area contributed by atoms with E-state index >= 15 is 0 Å². The number of nitrogens with one attached hydrogen (secondary N) is 1. The number of rotatable bonds is 2. The topological polar surface area (TPSA) is 56.5 Å². The lowest BCUT2D eigenvalue weighted by Crippen LogP contribution is -2.32. The van der Waals surface area contributed by atoms with Gasteiger partial charge in [-0.2, -0.15) is 0 Å². The third-order valence-electron chi connectivity index (χ3n) is 3.85. The van der Waals surface area contributed by atoms with Crippen molar-refractivity contribution in [3.8, 4) is 11.5 Å². The minimum Gasteiger partial charge on any atom is -0.454 e. The number of nitrogens with two attached hydrogens (primary N) is 1. The molecule has 4 heteroatoms. The van der Waals surface area contributed by atoms with Crippen molar-refractivity contribution in [2.24, 2.45) is 5.73 Å². The van der Waals surface area contributed by atoms with Crippen LogP contribution in [0.3, 0.4) is 0 Å². The highest BCUT2D eigenvalue weighted by Crippen LogP contribution is 2.37. The summed E-state index contributed by atoms with van der Waals surface area (Å²) in [5, 5.41) is 3.61. The van der Waals surface area contributed by atoms with Crippen molar-refractivity contribution in [2.75, 3.05) is 12.1 Å². The van der Waals surface area contributed by atoms with Gasteiger partial charge in [-0.15, -0.1) is 0 Å². The summed E-state index contributed by atoms with van der Waals surface area (Å²) in [7, 11) is 0. The molecule has 1 fully saturated rings.